The fourth-order valence-corrected chi connectivity index (χ4v) is 3.71. The lowest BCUT2D eigenvalue weighted by molar-refractivity contribution is 0.0976. The molecule has 0 saturated carbocycles. The van der Waals surface area contributed by atoms with E-state index in [0.29, 0.717) is 21.4 Å². The predicted molar refractivity (Wildman–Crippen MR) is 97.2 cm³/mol. The maximum absolute atomic E-state index is 12.4. The summed E-state index contributed by atoms with van der Waals surface area (Å²) in [6.07, 6.45) is 0. The molecule has 10 heteroatoms. The molecule has 0 fully saturated rings. The van der Waals surface area contributed by atoms with Crippen molar-refractivity contribution in [2.24, 2.45) is 0 Å². The summed E-state index contributed by atoms with van der Waals surface area (Å²) in [7, 11) is -4.01. The molecule has 1 N–H and O–H groups in total. The zero-order valence-electron chi connectivity index (χ0n) is 13.3. The Morgan fingerprint density at radius 3 is 2.46 bits per heavy atom. The van der Waals surface area contributed by atoms with E-state index in [1.165, 1.54) is 22.9 Å². The second-order valence-electron chi connectivity index (χ2n) is 5.28. The Bertz CT molecular complexity index is 1080. The van der Waals surface area contributed by atoms with E-state index >= 15 is 0 Å². The molecule has 1 amide bonds. The molecule has 0 bridgehead atoms. The molecule has 7 nitrogen and oxygen atoms in total. The summed E-state index contributed by atoms with van der Waals surface area (Å²) >= 11 is 12.0. The Labute approximate surface area is 159 Å². The fraction of sp³-hybridized carbons (Fsp3) is 0.0625. The van der Waals surface area contributed by atoms with Gasteiger partial charge in [0.2, 0.25) is 0 Å². The van der Waals surface area contributed by atoms with E-state index in [1.807, 2.05) is 4.72 Å². The Kier molecular flexibility index (Phi) is 4.99. The summed E-state index contributed by atoms with van der Waals surface area (Å²) in [6.45, 7) is 1.58. The van der Waals surface area contributed by atoms with Crippen LogP contribution in [0.15, 0.2) is 53.4 Å². The molecule has 0 saturated heterocycles. The number of aromatic nitrogens is 3. The highest BCUT2D eigenvalue weighted by Crippen LogP contribution is 2.25. The Balaban J connectivity index is 1.91. The van der Waals surface area contributed by atoms with Gasteiger partial charge in [0, 0.05) is 5.02 Å². The average Bonchev–Trinajstić information content (AvgIpc) is 2.97. The predicted octanol–water partition coefficient (Wildman–Crippen LogP) is 3.00. The highest BCUT2D eigenvalue weighted by atomic mass is 35.5. The van der Waals surface area contributed by atoms with E-state index in [0.717, 1.165) is 0 Å². The van der Waals surface area contributed by atoms with Crippen LogP contribution in [0, 0.1) is 6.92 Å². The van der Waals surface area contributed by atoms with E-state index in [4.69, 9.17) is 23.2 Å². The van der Waals surface area contributed by atoms with E-state index in [2.05, 4.69) is 10.3 Å². The summed E-state index contributed by atoms with van der Waals surface area (Å²) < 4.78 is 27.9. The summed E-state index contributed by atoms with van der Waals surface area (Å²) in [5.74, 6) is -0.886. The van der Waals surface area contributed by atoms with Crippen LogP contribution in [-0.2, 0) is 10.0 Å². The van der Waals surface area contributed by atoms with E-state index in [1.54, 1.807) is 37.3 Å². The molecule has 0 radical (unpaired) electrons. The highest BCUT2D eigenvalue weighted by molar-refractivity contribution is 7.90. The van der Waals surface area contributed by atoms with Gasteiger partial charge in [-0.2, -0.15) is 0 Å². The van der Waals surface area contributed by atoms with Crippen LogP contribution in [0.1, 0.15) is 16.2 Å². The molecule has 3 rings (SSSR count). The van der Waals surface area contributed by atoms with Gasteiger partial charge in [-0.25, -0.2) is 17.8 Å². The lowest BCUT2D eigenvalue weighted by atomic mass is 10.3. The highest BCUT2D eigenvalue weighted by Gasteiger charge is 2.24. The zero-order chi connectivity index (χ0) is 18.9. The van der Waals surface area contributed by atoms with Crippen LogP contribution in [0.4, 0.5) is 0 Å². The third kappa shape index (κ3) is 3.57. The first-order chi connectivity index (χ1) is 12.3. The molecule has 0 aliphatic heterocycles. The van der Waals surface area contributed by atoms with E-state index < -0.39 is 15.9 Å². The van der Waals surface area contributed by atoms with Crippen molar-refractivity contribution in [3.63, 3.8) is 0 Å². The van der Waals surface area contributed by atoms with Gasteiger partial charge in [0.25, 0.3) is 15.9 Å². The topological polar surface area (TPSA) is 93.9 Å². The van der Waals surface area contributed by atoms with Crippen molar-refractivity contribution in [2.75, 3.05) is 0 Å². The van der Waals surface area contributed by atoms with Crippen molar-refractivity contribution in [3.05, 3.63) is 70.0 Å². The van der Waals surface area contributed by atoms with Gasteiger partial charge in [0.05, 0.1) is 21.3 Å². The number of benzene rings is 2. The van der Waals surface area contributed by atoms with Gasteiger partial charge in [-0.1, -0.05) is 46.6 Å². The second-order valence-corrected chi connectivity index (χ2v) is 7.80. The maximum Gasteiger partial charge on any atom is 0.287 e. The smallest absolute Gasteiger partial charge is 0.266 e. The second kappa shape index (κ2) is 7.06. The van der Waals surface area contributed by atoms with Crippen LogP contribution in [-0.4, -0.2) is 29.3 Å². The van der Waals surface area contributed by atoms with Crippen LogP contribution in [0.25, 0.3) is 5.69 Å². The standard InChI is InChI=1S/C16H12Cl2N4O3S/c1-10-15(16(23)20-26(24,25)12-5-3-2-4-6-12)19-21-22(10)14-8-7-11(17)9-13(14)18/h2-9H,1H3,(H,20,23). The van der Waals surface area contributed by atoms with Crippen molar-refractivity contribution in [3.8, 4) is 5.69 Å². The van der Waals surface area contributed by atoms with Crippen LogP contribution in [0.2, 0.25) is 10.0 Å². The average molecular weight is 411 g/mol. The monoisotopic (exact) mass is 410 g/mol. The Hall–Kier alpha value is -2.42. The molecule has 0 spiro atoms. The normalized spacial score (nSPS) is 11.3. The molecule has 3 aromatic rings. The molecule has 0 aliphatic carbocycles. The van der Waals surface area contributed by atoms with Gasteiger partial charge in [-0.05, 0) is 37.3 Å². The largest absolute Gasteiger partial charge is 0.287 e. The third-order valence-electron chi connectivity index (χ3n) is 3.53. The third-order valence-corrected chi connectivity index (χ3v) is 5.41. The number of hydrogen-bond acceptors (Lipinski definition) is 5. The molecule has 26 heavy (non-hydrogen) atoms. The number of hydrogen-bond donors (Lipinski definition) is 1. The summed E-state index contributed by atoms with van der Waals surface area (Å²) in [6, 6.07) is 12.3. The van der Waals surface area contributed by atoms with Gasteiger partial charge in [-0.3, -0.25) is 4.79 Å². The van der Waals surface area contributed by atoms with Gasteiger partial charge in [0.15, 0.2) is 5.69 Å². The number of carbonyl (C=O) groups excluding carboxylic acids is 1. The minimum absolute atomic E-state index is 0.0286. The van der Waals surface area contributed by atoms with Crippen LogP contribution in [0.5, 0.6) is 0 Å². The molecule has 1 heterocycles. The molecule has 0 unspecified atom stereocenters. The van der Waals surface area contributed by atoms with Crippen molar-refractivity contribution < 1.29 is 13.2 Å². The van der Waals surface area contributed by atoms with Crippen LogP contribution in [0.3, 0.4) is 0 Å². The number of amides is 1. The lowest BCUT2D eigenvalue weighted by Gasteiger charge is -2.07. The Morgan fingerprint density at radius 1 is 1.12 bits per heavy atom. The molecule has 1 aromatic heterocycles. The lowest BCUT2D eigenvalue weighted by Crippen LogP contribution is -2.31. The molecular formula is C16H12Cl2N4O3S. The maximum atomic E-state index is 12.4. The number of nitrogens with one attached hydrogen (secondary N) is 1. The first-order valence-electron chi connectivity index (χ1n) is 7.29. The number of sulfonamides is 1. The van der Waals surface area contributed by atoms with E-state index in [9.17, 15) is 13.2 Å². The fourth-order valence-electron chi connectivity index (χ4n) is 2.25. The van der Waals surface area contributed by atoms with Gasteiger partial charge in [-0.15, -0.1) is 5.10 Å². The Morgan fingerprint density at radius 2 is 1.81 bits per heavy atom. The van der Waals surface area contributed by atoms with Gasteiger partial charge in [0.1, 0.15) is 0 Å². The quantitative estimate of drug-likeness (QED) is 0.713. The van der Waals surface area contributed by atoms with Gasteiger partial charge < -0.3 is 0 Å². The number of halogens is 2. The summed E-state index contributed by atoms with van der Waals surface area (Å²) in [5.41, 5.74) is 0.663. The zero-order valence-corrected chi connectivity index (χ0v) is 15.7. The molecule has 134 valence electrons. The number of nitrogens with zero attached hydrogens (tertiary/aromatic N) is 3. The SMILES string of the molecule is Cc1c(C(=O)NS(=O)(=O)c2ccccc2)nnn1-c1ccc(Cl)cc1Cl. The molecule has 2 aromatic carbocycles. The van der Waals surface area contributed by atoms with Gasteiger partial charge >= 0.3 is 0 Å². The van der Waals surface area contributed by atoms with E-state index in [-0.39, 0.29) is 10.6 Å². The van der Waals surface area contributed by atoms with Crippen molar-refractivity contribution >= 4 is 39.1 Å². The number of carbonyl (C=O) groups is 1. The van der Waals surface area contributed by atoms with Crippen LogP contribution < -0.4 is 4.72 Å². The molecule has 0 atom stereocenters. The summed E-state index contributed by atoms with van der Waals surface area (Å²) in [4.78, 5) is 12.3. The van der Waals surface area contributed by atoms with Crippen molar-refractivity contribution in [1.82, 2.24) is 19.7 Å². The summed E-state index contributed by atoms with van der Waals surface area (Å²) in [5, 5.41) is 8.42. The van der Waals surface area contributed by atoms with Crippen molar-refractivity contribution in [2.45, 2.75) is 11.8 Å². The van der Waals surface area contributed by atoms with Crippen molar-refractivity contribution in [1.29, 1.82) is 0 Å². The van der Waals surface area contributed by atoms with Crippen LogP contribution >= 0.6 is 23.2 Å². The number of rotatable bonds is 4. The molecular weight excluding hydrogens is 399 g/mol. The minimum atomic E-state index is -4.01. The first-order valence-corrected chi connectivity index (χ1v) is 9.53. The minimum Gasteiger partial charge on any atom is -0.266 e. The molecule has 0 aliphatic rings. The first kappa shape index (κ1) is 18.4.